The summed E-state index contributed by atoms with van der Waals surface area (Å²) in [4.78, 5) is 25.8. The van der Waals surface area contributed by atoms with Crippen LogP contribution in [0.3, 0.4) is 0 Å². The van der Waals surface area contributed by atoms with E-state index in [1.165, 1.54) is 13.3 Å². The lowest BCUT2D eigenvalue weighted by atomic mass is 10.1. The molecule has 0 atom stereocenters. The van der Waals surface area contributed by atoms with E-state index >= 15 is 0 Å². The highest BCUT2D eigenvalue weighted by atomic mass is 16.5. The Hall–Kier alpha value is -4.51. The maximum Gasteiger partial charge on any atom is 0.254 e. The van der Waals surface area contributed by atoms with E-state index in [-0.39, 0.29) is 23.7 Å². The Labute approximate surface area is 212 Å². The predicted octanol–water partition coefficient (Wildman–Crippen LogP) is 4.23. The van der Waals surface area contributed by atoms with Crippen molar-refractivity contribution in [2.45, 2.75) is 20.5 Å². The van der Waals surface area contributed by atoms with Crippen molar-refractivity contribution >= 4 is 28.9 Å². The van der Waals surface area contributed by atoms with E-state index in [0.29, 0.717) is 41.1 Å². The third-order valence-electron chi connectivity index (χ3n) is 5.06. The maximum atomic E-state index is 12.9. The second-order valence-electron chi connectivity index (χ2n) is 7.57. The number of aromatic nitrogens is 4. The molecule has 36 heavy (non-hydrogen) atoms. The van der Waals surface area contributed by atoms with Gasteiger partial charge in [0.2, 0.25) is 5.82 Å². The van der Waals surface area contributed by atoms with Gasteiger partial charge in [-0.1, -0.05) is 11.2 Å². The van der Waals surface area contributed by atoms with Crippen molar-refractivity contribution in [3.8, 4) is 17.1 Å². The molecule has 0 aliphatic carbocycles. The highest BCUT2D eigenvalue weighted by Gasteiger charge is 2.19. The molecular weight excluding hydrogens is 462 g/mol. The Balaban J connectivity index is 1.72. The molecule has 11 heteroatoms. The average molecular weight is 493 g/mol. The highest BCUT2D eigenvalue weighted by molar-refractivity contribution is 6.00. The second kappa shape index (κ2) is 11.3. The first kappa shape index (κ1) is 20.8. The molecule has 0 saturated carbocycles. The molecule has 3 heterocycles. The number of nitrogens with zero attached hydrogens (tertiary/aromatic N) is 4. The first-order valence-electron chi connectivity index (χ1n) is 12.5. The zero-order chi connectivity index (χ0) is 28.0. The third-order valence-corrected chi connectivity index (χ3v) is 5.06. The quantitative estimate of drug-likeness (QED) is 0.295. The summed E-state index contributed by atoms with van der Waals surface area (Å²) in [5.74, 6) is 1.05. The van der Waals surface area contributed by atoms with Crippen LogP contribution < -0.4 is 20.7 Å². The number of amides is 1. The normalized spacial score (nSPS) is 12.2. The number of pyridine rings is 2. The molecule has 0 radical (unpaired) electrons. The summed E-state index contributed by atoms with van der Waals surface area (Å²) in [5.41, 5.74) is 2.24. The molecule has 1 aromatic carbocycles. The third kappa shape index (κ3) is 5.58. The summed E-state index contributed by atoms with van der Waals surface area (Å²) in [7, 11) is 1.48. The number of methoxy groups -OCH3 is 1. The van der Waals surface area contributed by atoms with Crippen molar-refractivity contribution in [3.63, 3.8) is 0 Å². The minimum Gasteiger partial charge on any atom is -0.494 e. The molecule has 0 fully saturated rings. The number of anilines is 4. The van der Waals surface area contributed by atoms with Crippen molar-refractivity contribution in [1.29, 1.82) is 0 Å². The molecule has 3 aromatic heterocycles. The monoisotopic (exact) mass is 492 g/mol. The van der Waals surface area contributed by atoms with Crippen molar-refractivity contribution < 1.29 is 22.9 Å². The Bertz CT molecular complexity index is 1460. The van der Waals surface area contributed by atoms with Crippen LogP contribution in [-0.4, -0.2) is 46.7 Å². The van der Waals surface area contributed by atoms with Crippen LogP contribution in [0.2, 0.25) is 0 Å². The number of aryl methyl sites for hydroxylation is 1. The topological polar surface area (TPSA) is 136 Å². The largest absolute Gasteiger partial charge is 0.494 e. The van der Waals surface area contributed by atoms with Crippen LogP contribution in [0.4, 0.5) is 23.0 Å². The van der Waals surface area contributed by atoms with E-state index in [1.54, 1.807) is 30.5 Å². The van der Waals surface area contributed by atoms with Gasteiger partial charge in [0.1, 0.15) is 18.2 Å². The molecule has 0 saturated heterocycles. The van der Waals surface area contributed by atoms with Crippen LogP contribution in [-0.2, 0) is 11.3 Å². The summed E-state index contributed by atoms with van der Waals surface area (Å²) < 4.78 is 38.6. The number of hydrogen-bond acceptors (Lipinski definition) is 10. The smallest absolute Gasteiger partial charge is 0.254 e. The second-order valence-corrected chi connectivity index (χ2v) is 7.57. The fourth-order valence-electron chi connectivity index (χ4n) is 3.40. The fourth-order valence-corrected chi connectivity index (χ4v) is 3.40. The summed E-state index contributed by atoms with van der Waals surface area (Å²) in [6.45, 7) is 1.78. The van der Waals surface area contributed by atoms with Gasteiger partial charge in [0.05, 0.1) is 29.6 Å². The number of rotatable bonds is 10. The summed E-state index contributed by atoms with van der Waals surface area (Å²) in [6, 6.07) is 10.5. The van der Waals surface area contributed by atoms with Gasteiger partial charge >= 0.3 is 0 Å². The summed E-state index contributed by atoms with van der Waals surface area (Å²) in [5, 5.41) is 12.3. The Morgan fingerprint density at radius 2 is 2.00 bits per heavy atom. The van der Waals surface area contributed by atoms with Crippen molar-refractivity contribution in [1.82, 2.24) is 25.4 Å². The van der Waals surface area contributed by atoms with Crippen molar-refractivity contribution in [3.05, 3.63) is 65.8 Å². The minimum atomic E-state index is -2.69. The zero-order valence-corrected chi connectivity index (χ0v) is 20.0. The summed E-state index contributed by atoms with van der Waals surface area (Å²) >= 11 is 0. The molecule has 0 aliphatic heterocycles. The molecule has 4 rings (SSSR count). The Morgan fingerprint density at radius 3 is 2.78 bits per heavy atom. The molecule has 0 spiro atoms. The van der Waals surface area contributed by atoms with Gasteiger partial charge in [0.15, 0.2) is 5.75 Å². The number of benzene rings is 1. The van der Waals surface area contributed by atoms with Gasteiger partial charge in [-0.3, -0.25) is 4.79 Å². The fraction of sp³-hybridized carbons (Fsp3) is 0.240. The minimum absolute atomic E-state index is 0.0000979. The van der Waals surface area contributed by atoms with E-state index in [0.717, 1.165) is 5.56 Å². The van der Waals surface area contributed by atoms with Gasteiger partial charge in [0, 0.05) is 36.2 Å². The van der Waals surface area contributed by atoms with E-state index in [2.05, 4.69) is 30.7 Å². The molecular formula is C25H27N7O4. The summed E-state index contributed by atoms with van der Waals surface area (Å²) in [6.07, 6.45) is 2.93. The molecule has 11 nitrogen and oxygen atoms in total. The van der Waals surface area contributed by atoms with Gasteiger partial charge in [-0.05, 0) is 43.7 Å². The lowest BCUT2D eigenvalue weighted by Crippen LogP contribution is -2.19. The van der Waals surface area contributed by atoms with Gasteiger partial charge in [-0.25, -0.2) is 9.97 Å². The SMILES string of the molecule is [2H]C([2H])([2H])NC(=O)c1cnc(Nc2cc(C)ccn2)cc1Nc1cccc(-c2noc(COCC)n2)c1OC. The lowest BCUT2D eigenvalue weighted by molar-refractivity contribution is 0.0963. The van der Waals surface area contributed by atoms with Gasteiger partial charge in [-0.2, -0.15) is 4.98 Å². The molecule has 1 amide bonds. The Kier molecular flexibility index (Phi) is 6.52. The Morgan fingerprint density at radius 1 is 1.14 bits per heavy atom. The first-order chi connectivity index (χ1) is 18.7. The predicted molar refractivity (Wildman–Crippen MR) is 135 cm³/mol. The number of hydrogen-bond donors (Lipinski definition) is 3. The average Bonchev–Trinajstić information content (AvgIpc) is 3.35. The number of para-hydroxylation sites is 1. The first-order valence-corrected chi connectivity index (χ1v) is 11.0. The molecule has 0 aliphatic rings. The van der Waals surface area contributed by atoms with Crippen molar-refractivity contribution in [2.24, 2.45) is 0 Å². The van der Waals surface area contributed by atoms with E-state index in [1.807, 2.05) is 31.3 Å². The number of carbonyl (C=O) groups is 1. The lowest BCUT2D eigenvalue weighted by Gasteiger charge is -2.17. The van der Waals surface area contributed by atoms with Gasteiger partial charge in [0.25, 0.3) is 11.8 Å². The highest BCUT2D eigenvalue weighted by Crippen LogP contribution is 2.37. The maximum absolute atomic E-state index is 12.9. The molecule has 186 valence electrons. The van der Waals surface area contributed by atoms with Crippen LogP contribution in [0, 0.1) is 6.92 Å². The number of nitrogens with one attached hydrogen (secondary N) is 3. The van der Waals surface area contributed by atoms with E-state index < -0.39 is 12.9 Å². The molecule has 4 aromatic rings. The van der Waals surface area contributed by atoms with Crippen LogP contribution in [0.15, 0.2) is 53.3 Å². The van der Waals surface area contributed by atoms with E-state index in [9.17, 15) is 4.79 Å². The van der Waals surface area contributed by atoms with Crippen LogP contribution in [0.1, 0.15) is 32.8 Å². The number of ether oxygens (including phenoxy) is 2. The standard InChI is InChI=1S/C25H27N7O4/c1-5-35-14-22-31-24(32-36-22)16-7-6-8-18(23(16)34-4)29-19-12-21(28-13-17(19)25(33)26-3)30-20-11-15(2)9-10-27-20/h6-13H,5,14H2,1-4H3,(H,26,33)(H2,27,28,29,30)/i3D3. The molecule has 0 unspecified atom stereocenters. The van der Waals surface area contributed by atoms with Crippen LogP contribution >= 0.6 is 0 Å². The van der Waals surface area contributed by atoms with Gasteiger partial charge < -0.3 is 29.9 Å². The zero-order valence-electron chi connectivity index (χ0n) is 23.0. The van der Waals surface area contributed by atoms with Crippen LogP contribution in [0.25, 0.3) is 11.4 Å². The van der Waals surface area contributed by atoms with E-state index in [4.69, 9.17) is 18.1 Å². The van der Waals surface area contributed by atoms with Crippen LogP contribution in [0.5, 0.6) is 5.75 Å². The molecule has 0 bridgehead atoms. The molecule has 3 N–H and O–H groups in total. The van der Waals surface area contributed by atoms with Crippen molar-refractivity contribution in [2.75, 3.05) is 31.3 Å². The van der Waals surface area contributed by atoms with Gasteiger partial charge in [-0.15, -0.1) is 0 Å². The number of carbonyl (C=O) groups excluding carboxylic acids is 1.